The fourth-order valence-corrected chi connectivity index (χ4v) is 2.83. The molecule has 1 amide bonds. The Balaban J connectivity index is 1.81. The van der Waals surface area contributed by atoms with Gasteiger partial charge in [-0.15, -0.1) is 6.58 Å². The molecule has 1 aliphatic rings. The zero-order chi connectivity index (χ0) is 15.9. The van der Waals surface area contributed by atoms with Crippen molar-refractivity contribution >= 4 is 17.5 Å². The molecular formula is C17H23ClN2O2. The van der Waals surface area contributed by atoms with E-state index in [-0.39, 0.29) is 12.0 Å². The fraction of sp³-hybridized carbons (Fsp3) is 0.471. The van der Waals surface area contributed by atoms with Crippen molar-refractivity contribution in [3.05, 3.63) is 47.5 Å². The summed E-state index contributed by atoms with van der Waals surface area (Å²) in [5, 5.41) is 10.5. The molecule has 120 valence electrons. The van der Waals surface area contributed by atoms with Gasteiger partial charge >= 0.3 is 0 Å². The van der Waals surface area contributed by atoms with Gasteiger partial charge in [-0.3, -0.25) is 9.69 Å². The van der Waals surface area contributed by atoms with Crippen LogP contribution in [-0.2, 0) is 0 Å². The lowest BCUT2D eigenvalue weighted by molar-refractivity contribution is 0.0517. The van der Waals surface area contributed by atoms with Gasteiger partial charge in [0.05, 0.1) is 6.10 Å². The molecule has 1 aliphatic heterocycles. The smallest absolute Gasteiger partial charge is 0.253 e. The Morgan fingerprint density at radius 2 is 2.09 bits per heavy atom. The minimum atomic E-state index is -0.326. The number of benzene rings is 1. The molecule has 0 spiro atoms. The minimum Gasteiger partial charge on any atom is -0.392 e. The highest BCUT2D eigenvalue weighted by Gasteiger charge is 2.23. The number of carbonyl (C=O) groups excluding carboxylic acids is 1. The monoisotopic (exact) mass is 322 g/mol. The Bertz CT molecular complexity index is 513. The van der Waals surface area contributed by atoms with Crippen LogP contribution in [0.4, 0.5) is 0 Å². The summed E-state index contributed by atoms with van der Waals surface area (Å²) >= 11 is 5.94. The molecule has 4 nitrogen and oxygen atoms in total. The molecule has 5 heteroatoms. The lowest BCUT2D eigenvalue weighted by atomic mass is 10.1. The zero-order valence-electron chi connectivity index (χ0n) is 12.7. The molecule has 1 N–H and O–H groups in total. The van der Waals surface area contributed by atoms with Crippen LogP contribution < -0.4 is 0 Å². The molecular weight excluding hydrogens is 300 g/mol. The number of rotatable bonds is 6. The number of aliphatic hydroxyl groups is 1. The maximum Gasteiger partial charge on any atom is 0.253 e. The summed E-state index contributed by atoms with van der Waals surface area (Å²) in [4.78, 5) is 16.5. The van der Waals surface area contributed by atoms with E-state index in [4.69, 9.17) is 11.6 Å². The van der Waals surface area contributed by atoms with Crippen LogP contribution in [0.3, 0.4) is 0 Å². The summed E-state index contributed by atoms with van der Waals surface area (Å²) in [7, 11) is 0. The topological polar surface area (TPSA) is 43.8 Å². The average Bonchev–Trinajstić information content (AvgIpc) is 2.53. The summed E-state index contributed by atoms with van der Waals surface area (Å²) in [5.41, 5.74) is 0.631. The number of piperazine rings is 1. The maximum atomic E-state index is 12.4. The van der Waals surface area contributed by atoms with E-state index in [0.29, 0.717) is 30.2 Å². The van der Waals surface area contributed by atoms with Crippen molar-refractivity contribution in [1.82, 2.24) is 9.80 Å². The second kappa shape index (κ2) is 8.32. The number of allylic oxidation sites excluding steroid dienone is 1. The van der Waals surface area contributed by atoms with E-state index in [1.807, 2.05) is 11.0 Å². The maximum absolute atomic E-state index is 12.4. The van der Waals surface area contributed by atoms with Crippen LogP contribution in [0.2, 0.25) is 5.02 Å². The van der Waals surface area contributed by atoms with Crippen molar-refractivity contribution < 1.29 is 9.90 Å². The summed E-state index contributed by atoms with van der Waals surface area (Å²) in [6.45, 7) is 7.26. The van der Waals surface area contributed by atoms with Crippen molar-refractivity contribution in [2.24, 2.45) is 0 Å². The predicted molar refractivity (Wildman–Crippen MR) is 89.2 cm³/mol. The number of nitrogens with zero attached hydrogens (tertiary/aromatic N) is 2. The van der Waals surface area contributed by atoms with Gasteiger partial charge in [-0.05, 0) is 31.0 Å². The Labute approximate surface area is 137 Å². The van der Waals surface area contributed by atoms with Gasteiger partial charge in [-0.2, -0.15) is 0 Å². The van der Waals surface area contributed by atoms with Crippen molar-refractivity contribution in [3.63, 3.8) is 0 Å². The minimum absolute atomic E-state index is 0.0226. The van der Waals surface area contributed by atoms with Crippen LogP contribution in [0.5, 0.6) is 0 Å². The Morgan fingerprint density at radius 1 is 1.36 bits per heavy atom. The van der Waals surface area contributed by atoms with Crippen molar-refractivity contribution in [2.75, 3.05) is 32.7 Å². The van der Waals surface area contributed by atoms with E-state index in [1.165, 1.54) is 0 Å². The third-order valence-electron chi connectivity index (χ3n) is 3.90. The normalized spacial score (nSPS) is 17.3. The van der Waals surface area contributed by atoms with Gasteiger partial charge in [-0.1, -0.05) is 23.7 Å². The number of amides is 1. The summed E-state index contributed by atoms with van der Waals surface area (Å²) < 4.78 is 0. The molecule has 1 saturated heterocycles. The predicted octanol–water partition coefficient (Wildman–Crippen LogP) is 2.42. The van der Waals surface area contributed by atoms with Gasteiger partial charge in [0.25, 0.3) is 5.91 Å². The van der Waals surface area contributed by atoms with Gasteiger partial charge in [-0.25, -0.2) is 0 Å². The van der Waals surface area contributed by atoms with Crippen LogP contribution in [0.15, 0.2) is 36.9 Å². The van der Waals surface area contributed by atoms with Crippen LogP contribution in [0.1, 0.15) is 23.2 Å². The highest BCUT2D eigenvalue weighted by molar-refractivity contribution is 6.30. The van der Waals surface area contributed by atoms with Crippen LogP contribution >= 0.6 is 11.6 Å². The molecule has 1 atom stereocenters. The van der Waals surface area contributed by atoms with Crippen molar-refractivity contribution in [3.8, 4) is 0 Å². The first kappa shape index (κ1) is 17.0. The molecule has 0 bridgehead atoms. The second-order valence-corrected chi connectivity index (χ2v) is 6.06. The number of hydrogen-bond acceptors (Lipinski definition) is 3. The molecule has 1 aromatic carbocycles. The van der Waals surface area contributed by atoms with E-state index in [0.717, 1.165) is 25.9 Å². The molecule has 1 aromatic rings. The number of hydrogen-bond donors (Lipinski definition) is 1. The van der Waals surface area contributed by atoms with Crippen molar-refractivity contribution in [2.45, 2.75) is 18.9 Å². The molecule has 2 rings (SSSR count). The van der Waals surface area contributed by atoms with E-state index in [1.54, 1.807) is 24.3 Å². The summed E-state index contributed by atoms with van der Waals surface area (Å²) in [6.07, 6.45) is 3.07. The number of carbonyl (C=O) groups is 1. The first-order chi connectivity index (χ1) is 10.6. The standard InChI is InChI=1S/C17H23ClN2O2/c1-2-3-7-16(21)13-19-8-10-20(11-9-19)17(22)14-5-4-6-15(18)12-14/h2,4-6,12,16,21H,1,3,7-11,13H2. The summed E-state index contributed by atoms with van der Waals surface area (Å²) in [6, 6.07) is 7.05. The molecule has 1 fully saturated rings. The average molecular weight is 323 g/mol. The molecule has 1 heterocycles. The SMILES string of the molecule is C=CCCC(O)CN1CCN(C(=O)c2cccc(Cl)c2)CC1. The van der Waals surface area contributed by atoms with Gasteiger partial charge in [0.15, 0.2) is 0 Å². The van der Waals surface area contributed by atoms with Crippen LogP contribution in [0.25, 0.3) is 0 Å². The third kappa shape index (κ3) is 4.83. The van der Waals surface area contributed by atoms with Crippen LogP contribution in [-0.4, -0.2) is 59.6 Å². The van der Waals surface area contributed by atoms with Gasteiger partial charge < -0.3 is 10.0 Å². The highest BCUT2D eigenvalue weighted by Crippen LogP contribution is 2.14. The number of halogens is 1. The highest BCUT2D eigenvalue weighted by atomic mass is 35.5. The van der Waals surface area contributed by atoms with E-state index >= 15 is 0 Å². The number of β-amino-alcohol motifs (C(OH)–C–C–N with tert-alkyl or cyclic N) is 1. The van der Waals surface area contributed by atoms with E-state index in [9.17, 15) is 9.90 Å². The molecule has 0 aromatic heterocycles. The Kier molecular flexibility index (Phi) is 6.43. The number of aliphatic hydroxyl groups excluding tert-OH is 1. The van der Waals surface area contributed by atoms with E-state index in [2.05, 4.69) is 11.5 Å². The van der Waals surface area contributed by atoms with E-state index < -0.39 is 0 Å². The van der Waals surface area contributed by atoms with Gasteiger partial charge in [0, 0.05) is 43.3 Å². The first-order valence-electron chi connectivity index (χ1n) is 7.66. The van der Waals surface area contributed by atoms with Crippen LogP contribution in [0, 0.1) is 0 Å². The molecule has 1 unspecified atom stereocenters. The van der Waals surface area contributed by atoms with Crippen molar-refractivity contribution in [1.29, 1.82) is 0 Å². The Morgan fingerprint density at radius 3 is 2.73 bits per heavy atom. The molecule has 0 aliphatic carbocycles. The quantitative estimate of drug-likeness (QED) is 0.818. The largest absolute Gasteiger partial charge is 0.392 e. The Hall–Kier alpha value is -1.36. The van der Waals surface area contributed by atoms with Gasteiger partial charge in [0.1, 0.15) is 0 Å². The summed E-state index contributed by atoms with van der Waals surface area (Å²) in [5.74, 6) is 0.0226. The second-order valence-electron chi connectivity index (χ2n) is 5.62. The fourth-order valence-electron chi connectivity index (χ4n) is 2.64. The third-order valence-corrected chi connectivity index (χ3v) is 4.14. The lowest BCUT2D eigenvalue weighted by Crippen LogP contribution is -2.50. The molecule has 0 radical (unpaired) electrons. The molecule has 22 heavy (non-hydrogen) atoms. The van der Waals surface area contributed by atoms with Gasteiger partial charge in [0.2, 0.25) is 0 Å². The zero-order valence-corrected chi connectivity index (χ0v) is 13.5. The first-order valence-corrected chi connectivity index (χ1v) is 8.04. The molecule has 0 saturated carbocycles. The lowest BCUT2D eigenvalue weighted by Gasteiger charge is -2.35.